The van der Waals surface area contributed by atoms with Crippen LogP contribution < -0.4 is 20.8 Å². The molecule has 0 unspecified atom stereocenters. The van der Waals surface area contributed by atoms with Crippen molar-refractivity contribution >= 4 is 47.8 Å². The molecule has 22 heteroatoms. The first-order valence-corrected chi connectivity index (χ1v) is 20.9. The van der Waals surface area contributed by atoms with Crippen molar-refractivity contribution in [3.05, 3.63) is 104 Å². The highest BCUT2D eigenvalue weighted by molar-refractivity contribution is 6.03. The lowest BCUT2D eigenvalue weighted by molar-refractivity contribution is -0.346. The second kappa shape index (κ2) is 20.2. The molecular weight excluding hydrogens is 885 g/mol. The third-order valence-electron chi connectivity index (χ3n) is 12.2. The van der Waals surface area contributed by atoms with Crippen LogP contribution in [0.5, 0.6) is 0 Å². The van der Waals surface area contributed by atoms with Crippen molar-refractivity contribution in [2.45, 2.75) is 121 Å². The minimum absolute atomic E-state index is 0.0329. The summed E-state index contributed by atoms with van der Waals surface area (Å²) < 4.78 is 20.0. The first-order valence-electron chi connectivity index (χ1n) is 20.9. The molecule has 0 saturated carbocycles. The zero-order valence-electron chi connectivity index (χ0n) is 36.6. The molecule has 4 aliphatic rings. The van der Waals surface area contributed by atoms with Crippen molar-refractivity contribution in [2.24, 2.45) is 0 Å². The summed E-state index contributed by atoms with van der Waals surface area (Å²) in [6.07, 6.45) is -15.1. The van der Waals surface area contributed by atoms with E-state index in [1.54, 1.807) is 39.8 Å². The minimum Gasteiger partial charge on any atom is -0.547 e. The smallest absolute Gasteiger partial charge is 0.306 e. The molecule has 22 nitrogen and oxygen atoms in total. The second-order valence-corrected chi connectivity index (χ2v) is 16.3. The van der Waals surface area contributed by atoms with Crippen LogP contribution in [0.1, 0.15) is 71.7 Å². The molecule has 6 rings (SSSR count). The Morgan fingerprint density at radius 2 is 1.04 bits per heavy atom. The Morgan fingerprint density at radius 1 is 0.627 bits per heavy atom. The van der Waals surface area contributed by atoms with Crippen LogP contribution in [0.2, 0.25) is 0 Å². The lowest BCUT2D eigenvalue weighted by Crippen LogP contribution is -2.63. The Bertz CT molecular complexity index is 2530. The predicted molar refractivity (Wildman–Crippen MR) is 224 cm³/mol. The van der Waals surface area contributed by atoms with E-state index in [0.717, 1.165) is 0 Å². The number of ether oxygens (including phenoxy) is 4. The molecule has 0 bridgehead atoms. The zero-order valence-corrected chi connectivity index (χ0v) is 36.6. The van der Waals surface area contributed by atoms with E-state index >= 15 is 0 Å². The van der Waals surface area contributed by atoms with E-state index in [0.29, 0.717) is 78.7 Å². The van der Waals surface area contributed by atoms with Crippen LogP contribution in [0.25, 0.3) is 12.2 Å². The van der Waals surface area contributed by atoms with Crippen LogP contribution in [0, 0.1) is 13.8 Å². The standard InChI is InChI=1S/C45H52N4O18/c1-7-20-19(6)40(56)49-27(20)14-25-18(5)23(10-12-31(51)65-37-33(53)39(43(60)61)67-45(63)35(37)55)29(47-25)15-28-22(17(4)24(46-28)13-26-16(3)21(8-2)41(57)48-26)9-11-30(50)64-36-32(52)38(42(58)59)66-44(62)34(36)54/h7-8,13-14,32-39,44-47,52-55,62-63H,1-2,9-12,15H2,3-6H3,(H,48,57)(H,49,56)(H,58,59)(H,60,61)/p-2/b26-13-,27-14-/t32-,33-,34+,35+,36-,37-,38-,39-,44+,45+/m0/s1. The number of nitrogens with one attached hydrogen (secondary N) is 4. The Hall–Kier alpha value is -6.50. The van der Waals surface area contributed by atoms with Crippen LogP contribution in [0.4, 0.5) is 0 Å². The number of aliphatic carboxylic acids is 2. The molecule has 360 valence electrons. The maximum atomic E-state index is 13.3. The fourth-order valence-corrected chi connectivity index (χ4v) is 8.39. The molecule has 6 heterocycles. The van der Waals surface area contributed by atoms with Gasteiger partial charge in [-0.15, -0.1) is 0 Å². The van der Waals surface area contributed by atoms with Gasteiger partial charge in [0.2, 0.25) is 0 Å². The minimum atomic E-state index is -2.13. The first kappa shape index (κ1) is 49.9. The molecule has 0 radical (unpaired) electrons. The summed E-state index contributed by atoms with van der Waals surface area (Å²) in [6, 6.07) is 0. The van der Waals surface area contributed by atoms with Crippen molar-refractivity contribution in [1.82, 2.24) is 20.6 Å². The number of esters is 2. The number of carboxylic acids is 2. The maximum absolute atomic E-state index is 13.3. The number of allylic oxidation sites excluding steroid dienone is 2. The normalized spacial score (nSPS) is 28.7. The molecule has 0 aromatic carbocycles. The lowest BCUT2D eigenvalue weighted by atomic mass is 9.97. The summed E-state index contributed by atoms with van der Waals surface area (Å²) in [5.74, 6) is -6.56. The molecule has 2 amide bonds. The number of carbonyl (C=O) groups excluding carboxylic acids is 6. The summed E-state index contributed by atoms with van der Waals surface area (Å²) in [7, 11) is 0. The van der Waals surface area contributed by atoms with E-state index in [1.807, 2.05) is 0 Å². The number of amides is 2. The van der Waals surface area contributed by atoms with E-state index in [2.05, 4.69) is 33.8 Å². The molecule has 0 aliphatic carbocycles. The average Bonchev–Trinajstić information content (AvgIpc) is 3.92. The Morgan fingerprint density at radius 3 is 1.45 bits per heavy atom. The Balaban J connectivity index is 1.36. The number of H-pyrrole nitrogens is 2. The quantitative estimate of drug-likeness (QED) is 0.0732. The van der Waals surface area contributed by atoms with Gasteiger partial charge in [-0.2, -0.15) is 0 Å². The van der Waals surface area contributed by atoms with Crippen LogP contribution >= 0.6 is 0 Å². The molecule has 67 heavy (non-hydrogen) atoms. The van der Waals surface area contributed by atoms with E-state index in [4.69, 9.17) is 18.9 Å². The number of aromatic nitrogens is 2. The van der Waals surface area contributed by atoms with Gasteiger partial charge in [-0.25, -0.2) is 0 Å². The topological polar surface area (TPSA) is 362 Å². The molecule has 4 aliphatic heterocycles. The predicted octanol–water partition coefficient (Wildman–Crippen LogP) is -3.44. The highest BCUT2D eigenvalue weighted by Crippen LogP contribution is 2.33. The van der Waals surface area contributed by atoms with Crippen LogP contribution in [0.3, 0.4) is 0 Å². The summed E-state index contributed by atoms with van der Waals surface area (Å²) in [5, 5.41) is 90.7. The number of aliphatic hydroxyl groups excluding tert-OH is 6. The van der Waals surface area contributed by atoms with Crippen molar-refractivity contribution in [2.75, 3.05) is 0 Å². The lowest BCUT2D eigenvalue weighted by Gasteiger charge is -2.40. The van der Waals surface area contributed by atoms with Gasteiger partial charge in [-0.1, -0.05) is 25.3 Å². The highest BCUT2D eigenvalue weighted by Gasteiger charge is 2.48. The summed E-state index contributed by atoms with van der Waals surface area (Å²) in [5.41, 5.74) is 7.09. The molecule has 10 atom stereocenters. The van der Waals surface area contributed by atoms with Gasteiger partial charge in [0.25, 0.3) is 11.8 Å². The maximum Gasteiger partial charge on any atom is 0.306 e. The van der Waals surface area contributed by atoms with Crippen LogP contribution in [-0.2, 0) is 67.0 Å². The number of rotatable bonds is 16. The van der Waals surface area contributed by atoms with E-state index in [-0.39, 0.29) is 31.1 Å². The summed E-state index contributed by atoms with van der Waals surface area (Å²) >= 11 is 0. The van der Waals surface area contributed by atoms with Gasteiger partial charge in [0.15, 0.2) is 24.8 Å². The summed E-state index contributed by atoms with van der Waals surface area (Å²) in [6.45, 7) is 14.4. The molecule has 0 spiro atoms. The Labute approximate surface area is 381 Å². The van der Waals surface area contributed by atoms with Crippen LogP contribution in [0.15, 0.2) is 59.0 Å². The van der Waals surface area contributed by atoms with Gasteiger partial charge in [-0.05, 0) is 80.5 Å². The van der Waals surface area contributed by atoms with Gasteiger partial charge in [0, 0.05) is 64.5 Å². The monoisotopic (exact) mass is 934 g/mol. The van der Waals surface area contributed by atoms with Crippen molar-refractivity contribution in [3.8, 4) is 0 Å². The number of carboxylic acid groups (broad SMARTS) is 2. The SMILES string of the molecule is C=CC1=C(C)/C(=C/c2[nH]c(Cc3[nH]c(/C=C4\NC(=O)C(C)=C4C=C)c(C)c3CCC(=O)O[C@@H]3[C@@H](O)[C@H](O)O[C@H](C(=O)[O-])[C@H]3O)c(CCC(=O)O[C@@H]3[C@@H](O)[C@H](O)O[C@H](C(=O)[O-])[C@H]3O)c2C)NC1=O. The van der Waals surface area contributed by atoms with Crippen molar-refractivity contribution in [1.29, 1.82) is 0 Å². The molecule has 2 aromatic heterocycles. The van der Waals surface area contributed by atoms with Gasteiger partial charge in [0.1, 0.15) is 36.6 Å². The third kappa shape index (κ3) is 10.1. The Kier molecular flexibility index (Phi) is 15.0. The fourth-order valence-electron chi connectivity index (χ4n) is 8.39. The number of hydrogen-bond donors (Lipinski definition) is 10. The highest BCUT2D eigenvalue weighted by atomic mass is 16.7. The molecule has 2 fully saturated rings. The number of aliphatic hydroxyl groups is 6. The van der Waals surface area contributed by atoms with Crippen molar-refractivity contribution in [3.63, 3.8) is 0 Å². The molecular formula is C45H50N4O18-2. The van der Waals surface area contributed by atoms with Gasteiger partial charge >= 0.3 is 11.9 Å². The van der Waals surface area contributed by atoms with E-state index < -0.39 is 98.1 Å². The van der Waals surface area contributed by atoms with Gasteiger partial charge in [0.05, 0.1) is 17.6 Å². The second-order valence-electron chi connectivity index (χ2n) is 16.3. The number of hydrogen-bond acceptors (Lipinski definition) is 18. The van der Waals surface area contributed by atoms with E-state index in [1.165, 1.54) is 12.2 Å². The van der Waals surface area contributed by atoms with Gasteiger partial charge in [-0.3, -0.25) is 19.2 Å². The van der Waals surface area contributed by atoms with Crippen LogP contribution in [-0.4, -0.2) is 138 Å². The first-order chi connectivity index (χ1) is 31.6. The van der Waals surface area contributed by atoms with Crippen molar-refractivity contribution < 1.29 is 88.6 Å². The summed E-state index contributed by atoms with van der Waals surface area (Å²) in [4.78, 5) is 81.8. The number of carbonyl (C=O) groups is 6. The van der Waals surface area contributed by atoms with Gasteiger partial charge < -0.3 is 90.0 Å². The largest absolute Gasteiger partial charge is 0.547 e. The fraction of sp³-hybridized carbons (Fsp3) is 0.422. The third-order valence-corrected chi connectivity index (χ3v) is 12.2. The average molecular weight is 935 g/mol. The number of aromatic amines is 2. The van der Waals surface area contributed by atoms with E-state index in [9.17, 15) is 69.6 Å². The molecule has 2 saturated heterocycles. The zero-order chi connectivity index (χ0) is 49.3. The molecule has 10 N–H and O–H groups in total. The molecule has 2 aromatic rings.